The van der Waals surface area contributed by atoms with Crippen molar-refractivity contribution in [1.29, 1.82) is 0 Å². The first-order valence-corrected chi connectivity index (χ1v) is 10.7. The summed E-state index contributed by atoms with van der Waals surface area (Å²) in [6.07, 6.45) is 1.87. The van der Waals surface area contributed by atoms with Crippen LogP contribution in [0.5, 0.6) is 0 Å². The van der Waals surface area contributed by atoms with E-state index in [-0.39, 0.29) is 16.9 Å². The van der Waals surface area contributed by atoms with E-state index < -0.39 is 10.0 Å². The summed E-state index contributed by atoms with van der Waals surface area (Å²) in [5, 5.41) is 5.28. The van der Waals surface area contributed by atoms with Gasteiger partial charge in [0.15, 0.2) is 0 Å². The lowest BCUT2D eigenvalue weighted by atomic mass is 10.1. The van der Waals surface area contributed by atoms with Gasteiger partial charge in [0.05, 0.1) is 28.8 Å². The molecule has 2 heterocycles. The number of carbonyl (C=O) groups is 1. The Morgan fingerprint density at radius 3 is 2.73 bits per heavy atom. The van der Waals surface area contributed by atoms with Crippen molar-refractivity contribution in [2.24, 2.45) is 5.14 Å². The van der Waals surface area contributed by atoms with E-state index in [2.05, 4.69) is 0 Å². The van der Waals surface area contributed by atoms with Gasteiger partial charge in [0.1, 0.15) is 0 Å². The van der Waals surface area contributed by atoms with Gasteiger partial charge in [-0.3, -0.25) is 4.79 Å². The smallest absolute Gasteiger partial charge is 0.259 e. The minimum atomic E-state index is -3.82. The summed E-state index contributed by atoms with van der Waals surface area (Å²) < 4.78 is 29.2. The van der Waals surface area contributed by atoms with Crippen LogP contribution in [0, 0.1) is 0 Å². The lowest BCUT2D eigenvalue weighted by Gasteiger charge is -2.26. The minimum Gasteiger partial charge on any atom is -0.376 e. The number of fused-ring (bicyclic) bond motifs is 2. The van der Waals surface area contributed by atoms with Crippen molar-refractivity contribution in [3.05, 3.63) is 48.0 Å². The van der Waals surface area contributed by atoms with Gasteiger partial charge < -0.3 is 9.64 Å². The van der Waals surface area contributed by atoms with E-state index in [4.69, 9.17) is 9.88 Å². The second-order valence-corrected chi connectivity index (χ2v) is 8.97. The maximum Gasteiger partial charge on any atom is 0.259 e. The maximum atomic E-state index is 13.2. The highest BCUT2D eigenvalue weighted by atomic mass is 32.2. The van der Waals surface area contributed by atoms with Crippen molar-refractivity contribution in [1.82, 2.24) is 0 Å². The molecule has 2 aliphatic rings. The molecule has 26 heavy (non-hydrogen) atoms. The summed E-state index contributed by atoms with van der Waals surface area (Å²) in [6.45, 7) is 1.14. The summed E-state index contributed by atoms with van der Waals surface area (Å²) in [5.41, 5.74) is 1.28. The van der Waals surface area contributed by atoms with E-state index in [1.807, 2.05) is 18.2 Å². The third-order valence-corrected chi connectivity index (χ3v) is 6.58. The fraction of sp³-hybridized carbons (Fsp3) is 0.278. The van der Waals surface area contributed by atoms with E-state index in [0.717, 1.165) is 17.7 Å². The van der Waals surface area contributed by atoms with Crippen molar-refractivity contribution in [3.63, 3.8) is 0 Å². The molecule has 0 aliphatic carbocycles. The average Bonchev–Trinajstić information content (AvgIpc) is 3.08. The van der Waals surface area contributed by atoms with Crippen LogP contribution in [0.15, 0.2) is 57.2 Å². The van der Waals surface area contributed by atoms with Crippen LogP contribution in [0.2, 0.25) is 0 Å². The third-order valence-electron chi connectivity index (χ3n) is 4.54. The van der Waals surface area contributed by atoms with E-state index in [1.165, 1.54) is 23.9 Å². The van der Waals surface area contributed by atoms with Gasteiger partial charge in [0.25, 0.3) is 5.91 Å². The molecule has 0 aromatic heterocycles. The summed E-state index contributed by atoms with van der Waals surface area (Å²) in [7, 11) is -3.82. The number of sulfonamides is 1. The summed E-state index contributed by atoms with van der Waals surface area (Å²) in [4.78, 5) is 16.4. The van der Waals surface area contributed by atoms with Crippen LogP contribution in [0.25, 0.3) is 0 Å². The second-order valence-electron chi connectivity index (χ2n) is 6.32. The highest BCUT2D eigenvalue weighted by Crippen LogP contribution is 2.42. The molecule has 1 saturated heterocycles. The third kappa shape index (κ3) is 3.25. The molecule has 4 rings (SSSR count). The first-order valence-electron chi connectivity index (χ1n) is 8.31. The molecule has 1 fully saturated rings. The van der Waals surface area contributed by atoms with Crippen LogP contribution in [-0.4, -0.2) is 33.6 Å². The zero-order valence-corrected chi connectivity index (χ0v) is 15.6. The molecule has 1 amide bonds. The minimum absolute atomic E-state index is 0.0139. The zero-order valence-electron chi connectivity index (χ0n) is 13.9. The summed E-state index contributed by atoms with van der Waals surface area (Å²) in [5.74, 6) is -0.106. The molecule has 8 heteroatoms. The molecule has 2 N–H and O–H groups in total. The molecule has 2 aromatic rings. The number of nitrogens with zero attached hydrogens (tertiary/aromatic N) is 1. The summed E-state index contributed by atoms with van der Waals surface area (Å²) in [6, 6.07) is 12.0. The predicted octanol–water partition coefficient (Wildman–Crippen LogP) is 2.62. The molecule has 2 aromatic carbocycles. The molecule has 0 radical (unpaired) electrons. The van der Waals surface area contributed by atoms with E-state index >= 15 is 0 Å². The number of primary sulfonamides is 1. The van der Waals surface area contributed by atoms with Gasteiger partial charge in [-0.05, 0) is 43.2 Å². The molecule has 2 aliphatic heterocycles. The number of hydrogen-bond donors (Lipinski definition) is 1. The van der Waals surface area contributed by atoms with Crippen LogP contribution in [-0.2, 0) is 14.8 Å². The van der Waals surface area contributed by atoms with Gasteiger partial charge in [-0.15, -0.1) is 0 Å². The van der Waals surface area contributed by atoms with E-state index in [0.29, 0.717) is 29.3 Å². The lowest BCUT2D eigenvalue weighted by molar-refractivity contribution is 0.0915. The highest BCUT2D eigenvalue weighted by Gasteiger charge is 2.31. The SMILES string of the molecule is NS(=O)(=O)c1ccc2c(c1)Sc1ccccc1C(=O)N2CC1CCCO1. The molecule has 1 atom stereocenters. The quantitative estimate of drug-likeness (QED) is 0.870. The number of nitrogens with two attached hydrogens (primary N) is 1. The van der Waals surface area contributed by atoms with Crippen molar-refractivity contribution >= 4 is 33.4 Å². The van der Waals surface area contributed by atoms with Crippen LogP contribution in [0.1, 0.15) is 23.2 Å². The Morgan fingerprint density at radius 1 is 1.19 bits per heavy atom. The maximum absolute atomic E-state index is 13.2. The van der Waals surface area contributed by atoms with Crippen LogP contribution < -0.4 is 10.0 Å². The Kier molecular flexibility index (Phi) is 4.52. The Balaban J connectivity index is 1.84. The molecule has 0 spiro atoms. The van der Waals surface area contributed by atoms with Crippen LogP contribution >= 0.6 is 11.8 Å². The summed E-state index contributed by atoms with van der Waals surface area (Å²) >= 11 is 1.38. The fourth-order valence-corrected chi connectivity index (χ4v) is 4.99. The first kappa shape index (κ1) is 17.5. The van der Waals surface area contributed by atoms with Crippen molar-refractivity contribution in [2.75, 3.05) is 18.1 Å². The molecule has 136 valence electrons. The number of anilines is 1. The molecule has 0 saturated carbocycles. The topological polar surface area (TPSA) is 89.7 Å². The number of carbonyl (C=O) groups excluding carboxylic acids is 1. The molecular weight excluding hydrogens is 372 g/mol. The van der Waals surface area contributed by atoms with E-state index in [1.54, 1.807) is 17.0 Å². The molecule has 6 nitrogen and oxygen atoms in total. The Labute approximate surface area is 156 Å². The van der Waals surface area contributed by atoms with Crippen molar-refractivity contribution in [3.8, 4) is 0 Å². The largest absolute Gasteiger partial charge is 0.376 e. The van der Waals surface area contributed by atoms with Gasteiger partial charge in [-0.25, -0.2) is 13.6 Å². The van der Waals surface area contributed by atoms with Gasteiger partial charge in [-0.1, -0.05) is 23.9 Å². The van der Waals surface area contributed by atoms with Gasteiger partial charge in [0.2, 0.25) is 10.0 Å². The monoisotopic (exact) mass is 390 g/mol. The number of ether oxygens (including phenoxy) is 1. The predicted molar refractivity (Wildman–Crippen MR) is 99.0 cm³/mol. The molecule has 1 unspecified atom stereocenters. The lowest BCUT2D eigenvalue weighted by Crippen LogP contribution is -2.37. The fourth-order valence-electron chi connectivity index (χ4n) is 3.25. The Morgan fingerprint density at radius 2 is 2.00 bits per heavy atom. The van der Waals surface area contributed by atoms with Crippen molar-refractivity contribution in [2.45, 2.75) is 33.6 Å². The highest BCUT2D eigenvalue weighted by molar-refractivity contribution is 7.99. The standard InChI is InChI=1S/C18H18N2O4S2/c19-26(22,23)13-7-8-15-17(10-13)25-16-6-2-1-5-14(16)18(21)20(15)11-12-4-3-9-24-12/h1-2,5-8,10,12H,3-4,9,11H2,(H2,19,22,23). The average molecular weight is 390 g/mol. The Bertz CT molecular complexity index is 969. The van der Waals surface area contributed by atoms with E-state index in [9.17, 15) is 13.2 Å². The second kappa shape index (κ2) is 6.70. The number of benzene rings is 2. The first-order chi connectivity index (χ1) is 12.4. The van der Waals surface area contributed by atoms with Gasteiger partial charge >= 0.3 is 0 Å². The van der Waals surface area contributed by atoms with Gasteiger partial charge in [-0.2, -0.15) is 0 Å². The van der Waals surface area contributed by atoms with Crippen LogP contribution in [0.4, 0.5) is 5.69 Å². The molecular formula is C18H18N2O4S2. The number of hydrogen-bond acceptors (Lipinski definition) is 5. The van der Waals surface area contributed by atoms with Crippen LogP contribution in [0.3, 0.4) is 0 Å². The normalized spacial score (nSPS) is 19.8. The Hall–Kier alpha value is -1.87. The van der Waals surface area contributed by atoms with Crippen molar-refractivity contribution < 1.29 is 17.9 Å². The number of amides is 1. The zero-order chi connectivity index (χ0) is 18.3. The van der Waals surface area contributed by atoms with Gasteiger partial charge in [0, 0.05) is 16.4 Å². The number of rotatable bonds is 3. The molecule has 0 bridgehead atoms.